The first-order valence-electron chi connectivity index (χ1n) is 6.07. The summed E-state index contributed by atoms with van der Waals surface area (Å²) in [5.74, 6) is 2.24. The fourth-order valence-electron chi connectivity index (χ4n) is 2.30. The van der Waals surface area contributed by atoms with Crippen LogP contribution in [0.3, 0.4) is 0 Å². The van der Waals surface area contributed by atoms with Crippen molar-refractivity contribution >= 4 is 17.6 Å². The zero-order chi connectivity index (χ0) is 12.5. The van der Waals surface area contributed by atoms with Gasteiger partial charge in [-0.25, -0.2) is 4.98 Å². The van der Waals surface area contributed by atoms with E-state index in [1.54, 1.807) is 0 Å². The molecule has 0 bridgehead atoms. The molecular formula is C13H21N3S. The summed E-state index contributed by atoms with van der Waals surface area (Å²) in [6, 6.07) is 2.04. The fraction of sp³-hybridized carbons (Fsp3) is 0.615. The van der Waals surface area contributed by atoms with Gasteiger partial charge < -0.3 is 10.6 Å². The van der Waals surface area contributed by atoms with Crippen LogP contribution < -0.4 is 10.6 Å². The van der Waals surface area contributed by atoms with E-state index in [-0.39, 0.29) is 0 Å². The number of rotatable bonds is 2. The predicted octanol–water partition coefficient (Wildman–Crippen LogP) is 2.18. The number of aromatic nitrogens is 1. The summed E-state index contributed by atoms with van der Waals surface area (Å²) in [4.78, 5) is 6.92. The lowest BCUT2D eigenvalue weighted by Gasteiger charge is -2.39. The van der Waals surface area contributed by atoms with Crippen molar-refractivity contribution in [3.63, 3.8) is 0 Å². The van der Waals surface area contributed by atoms with Crippen LogP contribution in [-0.4, -0.2) is 28.6 Å². The van der Waals surface area contributed by atoms with Crippen molar-refractivity contribution in [1.82, 2.24) is 4.98 Å². The first kappa shape index (κ1) is 12.7. The van der Waals surface area contributed by atoms with Gasteiger partial charge in [-0.1, -0.05) is 0 Å². The van der Waals surface area contributed by atoms with Gasteiger partial charge in [0.2, 0.25) is 0 Å². The number of aryl methyl sites for hydroxylation is 1. The van der Waals surface area contributed by atoms with Crippen molar-refractivity contribution in [3.8, 4) is 0 Å². The fourth-order valence-corrected chi connectivity index (χ4v) is 3.41. The smallest absolute Gasteiger partial charge is 0.133 e. The quantitative estimate of drug-likeness (QED) is 0.875. The number of thioether (sulfide) groups is 1. The number of nitrogens with two attached hydrogens (primary N) is 1. The average molecular weight is 251 g/mol. The van der Waals surface area contributed by atoms with E-state index < -0.39 is 0 Å². The highest BCUT2D eigenvalue weighted by molar-refractivity contribution is 8.00. The van der Waals surface area contributed by atoms with E-state index in [1.807, 2.05) is 24.0 Å². The van der Waals surface area contributed by atoms with E-state index in [4.69, 9.17) is 5.73 Å². The van der Waals surface area contributed by atoms with Crippen LogP contribution in [0.1, 0.15) is 25.0 Å². The summed E-state index contributed by atoms with van der Waals surface area (Å²) in [5, 5.41) is 0. The summed E-state index contributed by atoms with van der Waals surface area (Å²) in [5.41, 5.74) is 8.29. The summed E-state index contributed by atoms with van der Waals surface area (Å²) >= 11 is 2.04. The van der Waals surface area contributed by atoms with Crippen molar-refractivity contribution in [3.05, 3.63) is 23.4 Å². The van der Waals surface area contributed by atoms with Crippen molar-refractivity contribution in [2.45, 2.75) is 32.1 Å². The molecule has 1 saturated heterocycles. The van der Waals surface area contributed by atoms with Crippen LogP contribution in [0.15, 0.2) is 12.3 Å². The molecule has 0 radical (unpaired) electrons. The van der Waals surface area contributed by atoms with E-state index in [0.717, 1.165) is 24.7 Å². The van der Waals surface area contributed by atoms with Crippen LogP contribution in [-0.2, 0) is 6.54 Å². The Hall–Kier alpha value is -0.740. The van der Waals surface area contributed by atoms with Gasteiger partial charge in [-0.05, 0) is 32.4 Å². The maximum atomic E-state index is 5.85. The van der Waals surface area contributed by atoms with Gasteiger partial charge in [-0.15, -0.1) is 0 Å². The van der Waals surface area contributed by atoms with Gasteiger partial charge in [-0.2, -0.15) is 11.8 Å². The standard InChI is InChI=1S/C13H21N3S/c1-10-4-5-15-12(11(10)8-14)16-6-7-17-13(2,3)9-16/h4-5H,6-9,14H2,1-3H3. The third kappa shape index (κ3) is 2.75. The molecule has 1 aliphatic heterocycles. The van der Waals surface area contributed by atoms with Gasteiger partial charge in [0.25, 0.3) is 0 Å². The molecule has 0 amide bonds. The molecular weight excluding hydrogens is 230 g/mol. The monoisotopic (exact) mass is 251 g/mol. The summed E-state index contributed by atoms with van der Waals surface area (Å²) in [6.07, 6.45) is 1.89. The van der Waals surface area contributed by atoms with Gasteiger partial charge in [-0.3, -0.25) is 0 Å². The minimum absolute atomic E-state index is 0.301. The number of anilines is 1. The SMILES string of the molecule is Cc1ccnc(N2CCSC(C)(C)C2)c1CN. The maximum Gasteiger partial charge on any atom is 0.133 e. The minimum Gasteiger partial charge on any atom is -0.354 e. The Morgan fingerprint density at radius 1 is 1.53 bits per heavy atom. The van der Waals surface area contributed by atoms with Crippen molar-refractivity contribution in [1.29, 1.82) is 0 Å². The molecule has 0 unspecified atom stereocenters. The normalized spacial score (nSPS) is 19.4. The van der Waals surface area contributed by atoms with Gasteiger partial charge in [0.1, 0.15) is 5.82 Å². The first-order chi connectivity index (χ1) is 8.03. The highest BCUT2D eigenvalue weighted by Gasteiger charge is 2.28. The maximum absolute atomic E-state index is 5.85. The Morgan fingerprint density at radius 2 is 2.29 bits per heavy atom. The molecule has 2 rings (SSSR count). The predicted molar refractivity (Wildman–Crippen MR) is 75.6 cm³/mol. The Bertz CT molecular complexity index is 404. The second-order valence-electron chi connectivity index (χ2n) is 5.16. The third-order valence-electron chi connectivity index (χ3n) is 3.20. The highest BCUT2D eigenvalue weighted by Crippen LogP contribution is 2.33. The molecule has 0 aromatic carbocycles. The second kappa shape index (κ2) is 4.86. The van der Waals surface area contributed by atoms with Crippen LogP contribution in [0.2, 0.25) is 0 Å². The van der Waals surface area contributed by atoms with Crippen LogP contribution in [0.4, 0.5) is 5.82 Å². The van der Waals surface area contributed by atoms with Gasteiger partial charge in [0.15, 0.2) is 0 Å². The summed E-state index contributed by atoms with van der Waals surface area (Å²) in [7, 11) is 0. The number of pyridine rings is 1. The van der Waals surface area contributed by atoms with E-state index in [1.165, 1.54) is 11.1 Å². The van der Waals surface area contributed by atoms with Crippen LogP contribution in [0.5, 0.6) is 0 Å². The molecule has 2 heterocycles. The zero-order valence-corrected chi connectivity index (χ0v) is 11.7. The molecule has 3 nitrogen and oxygen atoms in total. The lowest BCUT2D eigenvalue weighted by molar-refractivity contribution is 0.639. The molecule has 17 heavy (non-hydrogen) atoms. The van der Waals surface area contributed by atoms with Gasteiger partial charge in [0, 0.05) is 41.9 Å². The lowest BCUT2D eigenvalue weighted by Crippen LogP contribution is -2.44. The Kier molecular flexibility index (Phi) is 3.64. The third-order valence-corrected chi connectivity index (χ3v) is 4.49. The molecule has 1 fully saturated rings. The molecule has 0 spiro atoms. The molecule has 0 aliphatic carbocycles. The van der Waals surface area contributed by atoms with Crippen molar-refractivity contribution < 1.29 is 0 Å². The molecule has 2 N–H and O–H groups in total. The van der Waals surface area contributed by atoms with E-state index >= 15 is 0 Å². The topological polar surface area (TPSA) is 42.2 Å². The van der Waals surface area contributed by atoms with Crippen molar-refractivity contribution in [2.24, 2.45) is 5.73 Å². The summed E-state index contributed by atoms with van der Waals surface area (Å²) < 4.78 is 0.301. The van der Waals surface area contributed by atoms with E-state index in [0.29, 0.717) is 11.3 Å². The van der Waals surface area contributed by atoms with E-state index in [9.17, 15) is 0 Å². The zero-order valence-electron chi connectivity index (χ0n) is 10.9. The molecule has 0 saturated carbocycles. The number of nitrogens with zero attached hydrogens (tertiary/aromatic N) is 2. The van der Waals surface area contributed by atoms with Crippen LogP contribution >= 0.6 is 11.8 Å². The molecule has 4 heteroatoms. The Balaban J connectivity index is 2.30. The first-order valence-corrected chi connectivity index (χ1v) is 7.05. The number of hydrogen-bond acceptors (Lipinski definition) is 4. The molecule has 94 valence electrons. The van der Waals surface area contributed by atoms with Crippen LogP contribution in [0, 0.1) is 6.92 Å². The number of hydrogen-bond donors (Lipinski definition) is 1. The average Bonchev–Trinajstić information content (AvgIpc) is 2.27. The highest BCUT2D eigenvalue weighted by atomic mass is 32.2. The molecule has 1 aromatic heterocycles. The minimum atomic E-state index is 0.301. The van der Waals surface area contributed by atoms with Crippen LogP contribution in [0.25, 0.3) is 0 Å². The second-order valence-corrected chi connectivity index (χ2v) is 6.97. The molecule has 1 aromatic rings. The Labute approximate surface area is 108 Å². The molecule has 1 aliphatic rings. The van der Waals surface area contributed by atoms with Gasteiger partial charge >= 0.3 is 0 Å². The summed E-state index contributed by atoms with van der Waals surface area (Å²) in [6.45, 7) is 9.37. The Morgan fingerprint density at radius 3 is 2.94 bits per heavy atom. The van der Waals surface area contributed by atoms with Gasteiger partial charge in [0.05, 0.1) is 0 Å². The van der Waals surface area contributed by atoms with E-state index in [2.05, 4.69) is 30.7 Å². The van der Waals surface area contributed by atoms with Crippen molar-refractivity contribution in [2.75, 3.05) is 23.7 Å². The lowest BCUT2D eigenvalue weighted by atomic mass is 10.1. The molecule has 0 atom stereocenters. The largest absolute Gasteiger partial charge is 0.354 e.